The second-order valence-electron chi connectivity index (χ2n) is 5.67. The van der Waals surface area contributed by atoms with Crippen molar-refractivity contribution in [1.82, 2.24) is 4.90 Å². The van der Waals surface area contributed by atoms with Crippen molar-refractivity contribution in [2.45, 2.75) is 72.4 Å². The van der Waals surface area contributed by atoms with Crippen molar-refractivity contribution >= 4 is 0 Å². The number of nitrogens with zero attached hydrogens (tertiary/aromatic N) is 1. The van der Waals surface area contributed by atoms with Gasteiger partial charge >= 0.3 is 0 Å². The highest BCUT2D eigenvalue weighted by Crippen LogP contribution is 2.27. The van der Waals surface area contributed by atoms with E-state index in [0.717, 1.165) is 19.5 Å². The van der Waals surface area contributed by atoms with Gasteiger partial charge in [-0.15, -0.1) is 0 Å². The topological polar surface area (TPSA) is 29.3 Å². The molecule has 1 atom stereocenters. The quantitative estimate of drug-likeness (QED) is 0.691. The molecule has 0 fully saturated rings. The minimum Gasteiger partial charge on any atom is -0.329 e. The maximum atomic E-state index is 6.08. The van der Waals surface area contributed by atoms with Crippen LogP contribution in [0.2, 0.25) is 0 Å². The van der Waals surface area contributed by atoms with E-state index in [1.54, 1.807) is 0 Å². The molecule has 0 aliphatic heterocycles. The van der Waals surface area contributed by atoms with E-state index in [4.69, 9.17) is 5.73 Å². The Morgan fingerprint density at radius 1 is 1.12 bits per heavy atom. The molecule has 0 radical (unpaired) electrons. The lowest BCUT2D eigenvalue weighted by Crippen LogP contribution is -2.57. The molecule has 0 heterocycles. The molecule has 2 nitrogen and oxygen atoms in total. The molecule has 0 aromatic carbocycles. The summed E-state index contributed by atoms with van der Waals surface area (Å²) in [6.45, 7) is 15.6. The predicted molar refractivity (Wildman–Crippen MR) is 73.7 cm³/mol. The molecule has 0 aliphatic rings. The Balaban J connectivity index is 4.91. The third kappa shape index (κ3) is 4.06. The van der Waals surface area contributed by atoms with Gasteiger partial charge in [0.25, 0.3) is 0 Å². The van der Waals surface area contributed by atoms with Crippen LogP contribution in [0.15, 0.2) is 0 Å². The Bertz CT molecular complexity index is 172. The maximum Gasteiger partial charge on any atom is 0.0331 e. The first-order valence-corrected chi connectivity index (χ1v) is 6.90. The summed E-state index contributed by atoms with van der Waals surface area (Å²) in [5.74, 6) is 0.705. The molecule has 0 spiro atoms. The molecule has 0 aromatic heterocycles. The van der Waals surface area contributed by atoms with Crippen molar-refractivity contribution in [3.05, 3.63) is 0 Å². The van der Waals surface area contributed by atoms with Crippen LogP contribution in [0.1, 0.15) is 60.8 Å². The average molecular weight is 228 g/mol. The largest absolute Gasteiger partial charge is 0.329 e. The molecule has 16 heavy (non-hydrogen) atoms. The molecule has 0 aliphatic carbocycles. The zero-order valence-corrected chi connectivity index (χ0v) is 12.2. The number of rotatable bonds is 8. The summed E-state index contributed by atoms with van der Waals surface area (Å²) in [5, 5.41) is 0. The molecule has 0 bridgehead atoms. The van der Waals surface area contributed by atoms with Gasteiger partial charge in [-0.3, -0.25) is 4.90 Å². The van der Waals surface area contributed by atoms with Crippen LogP contribution >= 0.6 is 0 Å². The standard InChI is InChI=1S/C14H32N2/c1-7-9-14(8-2,11-15)16(13(5)6)10-12(3)4/h12-13H,7-11,15H2,1-6H3. The summed E-state index contributed by atoms with van der Waals surface area (Å²) in [7, 11) is 0. The molecule has 1 unspecified atom stereocenters. The SMILES string of the molecule is CCCC(CC)(CN)N(CC(C)C)C(C)C. The van der Waals surface area contributed by atoms with Crippen LogP contribution in [-0.2, 0) is 0 Å². The lowest BCUT2D eigenvalue weighted by molar-refractivity contribution is 0.0381. The highest BCUT2D eigenvalue weighted by molar-refractivity contribution is 4.92. The van der Waals surface area contributed by atoms with E-state index in [9.17, 15) is 0 Å². The summed E-state index contributed by atoms with van der Waals surface area (Å²) in [4.78, 5) is 2.63. The fourth-order valence-electron chi connectivity index (χ4n) is 2.70. The molecule has 2 N–H and O–H groups in total. The molecule has 0 rings (SSSR count). The van der Waals surface area contributed by atoms with Gasteiger partial charge in [0.2, 0.25) is 0 Å². The van der Waals surface area contributed by atoms with Crippen LogP contribution in [0.25, 0.3) is 0 Å². The number of hydrogen-bond donors (Lipinski definition) is 1. The van der Waals surface area contributed by atoms with E-state index in [1.807, 2.05) is 0 Å². The van der Waals surface area contributed by atoms with Gasteiger partial charge in [0, 0.05) is 24.7 Å². The van der Waals surface area contributed by atoms with Crippen LogP contribution in [0, 0.1) is 5.92 Å². The zero-order chi connectivity index (χ0) is 12.8. The van der Waals surface area contributed by atoms with Gasteiger partial charge in [-0.2, -0.15) is 0 Å². The van der Waals surface area contributed by atoms with E-state index in [-0.39, 0.29) is 5.54 Å². The number of nitrogens with two attached hydrogens (primary N) is 1. The first-order chi connectivity index (χ1) is 7.43. The molecule has 0 amide bonds. The zero-order valence-electron chi connectivity index (χ0n) is 12.2. The lowest BCUT2D eigenvalue weighted by Gasteiger charge is -2.46. The minimum atomic E-state index is 0.215. The highest BCUT2D eigenvalue weighted by Gasteiger charge is 2.34. The molecule has 0 saturated heterocycles. The van der Waals surface area contributed by atoms with E-state index >= 15 is 0 Å². The van der Waals surface area contributed by atoms with Gasteiger partial charge in [-0.05, 0) is 32.6 Å². The summed E-state index contributed by atoms with van der Waals surface area (Å²) >= 11 is 0. The Kier molecular flexibility index (Phi) is 7.25. The maximum absolute atomic E-state index is 6.08. The Morgan fingerprint density at radius 2 is 1.69 bits per heavy atom. The smallest absolute Gasteiger partial charge is 0.0331 e. The third-order valence-corrected chi connectivity index (χ3v) is 3.55. The number of hydrogen-bond acceptors (Lipinski definition) is 2. The molecular formula is C14H32N2. The minimum absolute atomic E-state index is 0.215. The summed E-state index contributed by atoms with van der Waals surface area (Å²) in [5.41, 5.74) is 6.29. The van der Waals surface area contributed by atoms with Gasteiger partial charge < -0.3 is 5.73 Å². The lowest BCUT2D eigenvalue weighted by atomic mass is 9.86. The van der Waals surface area contributed by atoms with Crippen molar-refractivity contribution in [2.75, 3.05) is 13.1 Å². The second-order valence-corrected chi connectivity index (χ2v) is 5.67. The van der Waals surface area contributed by atoms with Crippen molar-refractivity contribution in [3.8, 4) is 0 Å². The Labute approximate surface area is 103 Å². The molecule has 0 aromatic rings. The van der Waals surface area contributed by atoms with Crippen molar-refractivity contribution in [2.24, 2.45) is 11.7 Å². The van der Waals surface area contributed by atoms with Gasteiger partial charge in [0.05, 0.1) is 0 Å². The van der Waals surface area contributed by atoms with Gasteiger partial charge in [0.15, 0.2) is 0 Å². The van der Waals surface area contributed by atoms with Crippen LogP contribution in [0.3, 0.4) is 0 Å². The van der Waals surface area contributed by atoms with E-state index in [1.165, 1.54) is 12.8 Å². The van der Waals surface area contributed by atoms with Gasteiger partial charge in [0.1, 0.15) is 0 Å². The molecular weight excluding hydrogens is 196 g/mol. The third-order valence-electron chi connectivity index (χ3n) is 3.55. The van der Waals surface area contributed by atoms with E-state index in [0.29, 0.717) is 12.0 Å². The van der Waals surface area contributed by atoms with Crippen LogP contribution in [-0.4, -0.2) is 29.6 Å². The van der Waals surface area contributed by atoms with Crippen LogP contribution in [0.5, 0.6) is 0 Å². The van der Waals surface area contributed by atoms with Gasteiger partial charge in [-0.1, -0.05) is 34.1 Å². The van der Waals surface area contributed by atoms with Crippen LogP contribution in [0.4, 0.5) is 0 Å². The normalized spacial score (nSPS) is 16.1. The summed E-state index contributed by atoms with van der Waals surface area (Å²) < 4.78 is 0. The molecule has 0 saturated carbocycles. The molecule has 2 heteroatoms. The van der Waals surface area contributed by atoms with E-state index < -0.39 is 0 Å². The second kappa shape index (κ2) is 7.29. The van der Waals surface area contributed by atoms with E-state index in [2.05, 4.69) is 46.4 Å². The Hall–Kier alpha value is -0.0800. The predicted octanol–water partition coefficient (Wildman–Crippen LogP) is 3.26. The highest BCUT2D eigenvalue weighted by atomic mass is 15.2. The average Bonchev–Trinajstić information content (AvgIpc) is 2.22. The molecule has 98 valence electrons. The fraction of sp³-hybridized carbons (Fsp3) is 1.00. The monoisotopic (exact) mass is 228 g/mol. The first-order valence-electron chi connectivity index (χ1n) is 6.90. The van der Waals surface area contributed by atoms with Gasteiger partial charge in [-0.25, -0.2) is 0 Å². The van der Waals surface area contributed by atoms with Crippen molar-refractivity contribution < 1.29 is 0 Å². The fourth-order valence-corrected chi connectivity index (χ4v) is 2.70. The Morgan fingerprint density at radius 3 is 1.94 bits per heavy atom. The van der Waals surface area contributed by atoms with Crippen molar-refractivity contribution in [1.29, 1.82) is 0 Å². The van der Waals surface area contributed by atoms with Crippen LogP contribution < -0.4 is 5.73 Å². The van der Waals surface area contributed by atoms with Crippen molar-refractivity contribution in [3.63, 3.8) is 0 Å². The first kappa shape index (κ1) is 15.9. The summed E-state index contributed by atoms with van der Waals surface area (Å²) in [6.07, 6.45) is 3.58. The summed E-state index contributed by atoms with van der Waals surface area (Å²) in [6, 6.07) is 0.581.